The molecule has 0 aromatic carbocycles. The number of hydrogen-bond acceptors (Lipinski definition) is 4. The van der Waals surface area contributed by atoms with Gasteiger partial charge in [0.2, 0.25) is 5.89 Å². The Morgan fingerprint density at radius 3 is 2.61 bits per heavy atom. The summed E-state index contributed by atoms with van der Waals surface area (Å²) < 4.78 is 5.66. The zero-order chi connectivity index (χ0) is 13.8. The predicted octanol–water partition coefficient (Wildman–Crippen LogP) is 2.27. The number of nitrogens with zero attached hydrogens (tertiary/aromatic N) is 2. The second kappa shape index (κ2) is 6.00. The van der Waals surface area contributed by atoms with E-state index in [9.17, 15) is 4.79 Å². The molecule has 0 aliphatic heterocycles. The van der Waals surface area contributed by atoms with Crippen LogP contribution in [0.25, 0.3) is 0 Å². The molecule has 1 aromatic heterocycles. The summed E-state index contributed by atoms with van der Waals surface area (Å²) in [5, 5.41) is 8.83. The normalized spacial score (nSPS) is 12.1. The van der Waals surface area contributed by atoms with E-state index >= 15 is 0 Å². The first-order valence-corrected chi connectivity index (χ1v) is 6.22. The molecule has 18 heavy (non-hydrogen) atoms. The van der Waals surface area contributed by atoms with Crippen LogP contribution in [0.5, 0.6) is 0 Å². The van der Waals surface area contributed by atoms with Gasteiger partial charge in [0.1, 0.15) is 5.76 Å². The fraction of sp³-hybridized carbons (Fsp3) is 0.692. The Balaban J connectivity index is 2.69. The molecule has 5 nitrogen and oxygen atoms in total. The van der Waals surface area contributed by atoms with Crippen molar-refractivity contribution in [1.29, 1.82) is 0 Å². The van der Waals surface area contributed by atoms with E-state index < -0.39 is 5.97 Å². The first-order chi connectivity index (χ1) is 8.32. The number of oxazole rings is 1. The Morgan fingerprint density at radius 2 is 2.17 bits per heavy atom. The second-order valence-electron chi connectivity index (χ2n) is 5.47. The maximum absolute atomic E-state index is 10.7. The molecule has 0 unspecified atom stereocenters. The highest BCUT2D eigenvalue weighted by molar-refractivity contribution is 5.69. The molecule has 0 radical (unpaired) electrons. The van der Waals surface area contributed by atoms with E-state index in [1.165, 1.54) is 0 Å². The van der Waals surface area contributed by atoms with Gasteiger partial charge in [0, 0.05) is 5.41 Å². The average molecular weight is 254 g/mol. The van der Waals surface area contributed by atoms with Crippen molar-refractivity contribution in [3.63, 3.8) is 0 Å². The Labute approximate surface area is 108 Å². The molecule has 0 bridgehead atoms. The summed E-state index contributed by atoms with van der Waals surface area (Å²) in [5.74, 6) is 0.574. The molecule has 0 saturated heterocycles. The molecule has 1 N–H and O–H groups in total. The van der Waals surface area contributed by atoms with Crippen LogP contribution in [0.4, 0.5) is 0 Å². The third-order valence-electron chi connectivity index (χ3n) is 2.55. The summed E-state index contributed by atoms with van der Waals surface area (Å²) in [6, 6.07) is 0. The molecule has 0 saturated carbocycles. The van der Waals surface area contributed by atoms with Gasteiger partial charge in [-0.1, -0.05) is 27.7 Å². The molecule has 0 aliphatic rings. The lowest BCUT2D eigenvalue weighted by Crippen LogP contribution is -2.30. The summed E-state index contributed by atoms with van der Waals surface area (Å²) in [7, 11) is 0. The van der Waals surface area contributed by atoms with Gasteiger partial charge < -0.3 is 9.52 Å². The third-order valence-corrected chi connectivity index (χ3v) is 2.55. The van der Waals surface area contributed by atoms with Crippen LogP contribution in [-0.4, -0.2) is 34.0 Å². The first-order valence-electron chi connectivity index (χ1n) is 6.22. The fourth-order valence-electron chi connectivity index (χ4n) is 1.64. The van der Waals surface area contributed by atoms with Gasteiger partial charge >= 0.3 is 5.97 Å². The van der Waals surface area contributed by atoms with Gasteiger partial charge in [0.05, 0.1) is 19.3 Å². The van der Waals surface area contributed by atoms with E-state index in [1.54, 1.807) is 6.20 Å². The van der Waals surface area contributed by atoms with Crippen molar-refractivity contribution in [1.82, 2.24) is 9.88 Å². The van der Waals surface area contributed by atoms with Crippen LogP contribution in [0.3, 0.4) is 0 Å². The van der Waals surface area contributed by atoms with E-state index in [0.29, 0.717) is 12.4 Å². The van der Waals surface area contributed by atoms with E-state index in [4.69, 9.17) is 9.52 Å². The Hall–Kier alpha value is -1.36. The lowest BCUT2D eigenvalue weighted by atomic mass is 9.94. The minimum absolute atomic E-state index is 0.0150. The van der Waals surface area contributed by atoms with Crippen molar-refractivity contribution in [3.05, 3.63) is 17.8 Å². The third kappa shape index (κ3) is 4.49. The Morgan fingerprint density at radius 1 is 1.50 bits per heavy atom. The van der Waals surface area contributed by atoms with Crippen LogP contribution in [0.1, 0.15) is 45.8 Å². The van der Waals surface area contributed by atoms with Crippen molar-refractivity contribution in [3.8, 4) is 0 Å². The van der Waals surface area contributed by atoms with Crippen molar-refractivity contribution in [2.75, 3.05) is 13.1 Å². The molecule has 0 aliphatic carbocycles. The fourth-order valence-corrected chi connectivity index (χ4v) is 1.64. The van der Waals surface area contributed by atoms with Gasteiger partial charge in [-0.05, 0) is 13.0 Å². The van der Waals surface area contributed by atoms with Crippen molar-refractivity contribution < 1.29 is 14.3 Å². The maximum atomic E-state index is 10.7. The SMILES string of the molecule is CCCN(CC(=O)O)Cc1ncc(C(C)(C)C)o1. The minimum atomic E-state index is -0.828. The van der Waals surface area contributed by atoms with Crippen molar-refractivity contribution in [2.24, 2.45) is 0 Å². The van der Waals surface area contributed by atoms with Gasteiger partial charge in [-0.25, -0.2) is 4.98 Å². The predicted molar refractivity (Wildman–Crippen MR) is 68.4 cm³/mol. The molecule has 0 amide bonds. The lowest BCUT2D eigenvalue weighted by Gasteiger charge is -2.17. The maximum Gasteiger partial charge on any atom is 0.317 e. The molecule has 0 fully saturated rings. The van der Waals surface area contributed by atoms with Gasteiger partial charge in [0.15, 0.2) is 0 Å². The molecule has 0 atom stereocenters. The molecule has 5 heteroatoms. The largest absolute Gasteiger partial charge is 0.480 e. The number of aromatic nitrogens is 1. The molecule has 0 spiro atoms. The Bertz CT molecular complexity index is 393. The van der Waals surface area contributed by atoms with Crippen LogP contribution in [0.2, 0.25) is 0 Å². The zero-order valence-electron chi connectivity index (χ0n) is 11.6. The van der Waals surface area contributed by atoms with E-state index in [0.717, 1.165) is 18.7 Å². The van der Waals surface area contributed by atoms with Crippen molar-refractivity contribution in [2.45, 2.75) is 46.1 Å². The molecular weight excluding hydrogens is 232 g/mol. The van der Waals surface area contributed by atoms with Gasteiger partial charge in [-0.2, -0.15) is 0 Å². The highest BCUT2D eigenvalue weighted by Crippen LogP contribution is 2.23. The monoisotopic (exact) mass is 254 g/mol. The first kappa shape index (κ1) is 14.7. The smallest absolute Gasteiger partial charge is 0.317 e. The number of carbonyl (C=O) groups is 1. The zero-order valence-corrected chi connectivity index (χ0v) is 11.6. The van der Waals surface area contributed by atoms with Crippen LogP contribution in [0.15, 0.2) is 10.6 Å². The summed E-state index contributed by atoms with van der Waals surface area (Å²) in [6.45, 7) is 9.36. The quantitative estimate of drug-likeness (QED) is 0.843. The molecular formula is C13H22N2O3. The van der Waals surface area contributed by atoms with Crippen molar-refractivity contribution >= 4 is 5.97 Å². The number of aliphatic carboxylic acids is 1. The van der Waals surface area contributed by atoms with Crippen LogP contribution >= 0.6 is 0 Å². The average Bonchev–Trinajstić information content (AvgIpc) is 2.64. The van der Waals surface area contributed by atoms with E-state index in [2.05, 4.69) is 25.8 Å². The van der Waals surface area contributed by atoms with Gasteiger partial charge in [-0.3, -0.25) is 9.69 Å². The minimum Gasteiger partial charge on any atom is -0.480 e. The summed E-state index contributed by atoms with van der Waals surface area (Å²) in [6.07, 6.45) is 2.63. The van der Waals surface area contributed by atoms with Crippen LogP contribution in [-0.2, 0) is 16.8 Å². The highest BCUT2D eigenvalue weighted by atomic mass is 16.4. The van der Waals surface area contributed by atoms with Gasteiger partial charge in [0.25, 0.3) is 0 Å². The van der Waals surface area contributed by atoms with Gasteiger partial charge in [-0.15, -0.1) is 0 Å². The van der Waals surface area contributed by atoms with Crippen LogP contribution < -0.4 is 0 Å². The van der Waals surface area contributed by atoms with Crippen LogP contribution in [0, 0.1) is 0 Å². The second-order valence-corrected chi connectivity index (χ2v) is 5.47. The summed E-state index contributed by atoms with van der Waals surface area (Å²) in [5.41, 5.74) is -0.0758. The molecule has 102 valence electrons. The standard InChI is InChI=1S/C13H22N2O3/c1-5-6-15(9-12(16)17)8-11-14-7-10(18-11)13(2,3)4/h7H,5-6,8-9H2,1-4H3,(H,16,17). The topological polar surface area (TPSA) is 66.6 Å². The number of hydrogen-bond donors (Lipinski definition) is 1. The summed E-state index contributed by atoms with van der Waals surface area (Å²) >= 11 is 0. The molecule has 1 aromatic rings. The van der Waals surface area contributed by atoms with E-state index in [-0.39, 0.29) is 12.0 Å². The number of carboxylic acid groups (broad SMARTS) is 1. The number of rotatable bonds is 6. The van der Waals surface area contributed by atoms with E-state index in [1.807, 2.05) is 11.8 Å². The molecule has 1 rings (SSSR count). The lowest BCUT2D eigenvalue weighted by molar-refractivity contribution is -0.138. The highest BCUT2D eigenvalue weighted by Gasteiger charge is 2.20. The number of carboxylic acids is 1. The summed E-state index contributed by atoms with van der Waals surface area (Å²) in [4.78, 5) is 16.8. The molecule has 1 heterocycles. The Kier molecular flexibility index (Phi) is 4.90.